The summed E-state index contributed by atoms with van der Waals surface area (Å²) in [6, 6.07) is 17.6. The third-order valence-corrected chi connectivity index (χ3v) is 7.46. The quantitative estimate of drug-likeness (QED) is 0.294. The van der Waals surface area contributed by atoms with Gasteiger partial charge in [-0.1, -0.05) is 63.2 Å². The Kier molecular flexibility index (Phi) is 10.1. The van der Waals surface area contributed by atoms with Crippen LogP contribution < -0.4 is 5.32 Å². The smallest absolute Gasteiger partial charge is 0.254 e. The highest BCUT2D eigenvalue weighted by molar-refractivity contribution is 5.94. The second-order valence-corrected chi connectivity index (χ2v) is 11.0. The van der Waals surface area contributed by atoms with Gasteiger partial charge >= 0.3 is 0 Å². The second-order valence-electron chi connectivity index (χ2n) is 11.0. The maximum absolute atomic E-state index is 13.5. The number of carbonyl (C=O) groups excluding carboxylic acids is 2. The third-order valence-electron chi connectivity index (χ3n) is 7.46. The molecular formula is C29H40N6O2. The molecule has 0 spiro atoms. The van der Waals surface area contributed by atoms with E-state index in [2.05, 4.69) is 53.3 Å². The van der Waals surface area contributed by atoms with Gasteiger partial charge in [-0.2, -0.15) is 0 Å². The van der Waals surface area contributed by atoms with Crippen LogP contribution >= 0.6 is 0 Å². The average molecular weight is 505 g/mol. The van der Waals surface area contributed by atoms with Gasteiger partial charge < -0.3 is 10.2 Å². The summed E-state index contributed by atoms with van der Waals surface area (Å²) < 4.78 is 0. The molecular weight excluding hydrogens is 464 g/mol. The van der Waals surface area contributed by atoms with Crippen molar-refractivity contribution in [3.05, 3.63) is 71.3 Å². The van der Waals surface area contributed by atoms with Gasteiger partial charge in [0.2, 0.25) is 5.91 Å². The molecule has 1 aliphatic carbocycles. The number of carbonyl (C=O) groups is 2. The lowest BCUT2D eigenvalue weighted by molar-refractivity contribution is -0.135. The number of nitrogens with one attached hydrogen (secondary N) is 3. The minimum absolute atomic E-state index is 0.189. The van der Waals surface area contributed by atoms with Crippen LogP contribution in [-0.4, -0.2) is 29.0 Å². The van der Waals surface area contributed by atoms with E-state index in [1.807, 2.05) is 30.3 Å². The summed E-state index contributed by atoms with van der Waals surface area (Å²) in [5, 5.41) is 8.57. The number of nitrogens with zero attached hydrogens (tertiary/aromatic N) is 3. The topological polar surface area (TPSA) is 122 Å². The van der Waals surface area contributed by atoms with Gasteiger partial charge in [0.15, 0.2) is 0 Å². The molecule has 0 atom stereocenters. The molecule has 0 radical (unpaired) electrons. The van der Waals surface area contributed by atoms with Gasteiger partial charge in [-0.3, -0.25) is 9.59 Å². The van der Waals surface area contributed by atoms with E-state index in [0.717, 1.165) is 44.1 Å². The summed E-state index contributed by atoms with van der Waals surface area (Å²) in [4.78, 5) is 27.9. The van der Waals surface area contributed by atoms with Crippen LogP contribution in [0.1, 0.15) is 80.8 Å². The van der Waals surface area contributed by atoms with E-state index >= 15 is 0 Å². The summed E-state index contributed by atoms with van der Waals surface area (Å²) >= 11 is 0. The minimum Gasteiger partial charge on any atom is -0.335 e. The fourth-order valence-electron chi connectivity index (χ4n) is 5.16. The first kappa shape index (κ1) is 28.2. The highest BCUT2D eigenvalue weighted by Crippen LogP contribution is 2.39. The first-order chi connectivity index (χ1) is 17.7. The predicted octanol–water partition coefficient (Wildman–Crippen LogP) is 6.72. The number of aryl methyl sites for hydroxylation is 1. The molecule has 2 aromatic rings. The van der Waals surface area contributed by atoms with Crippen LogP contribution in [-0.2, 0) is 17.8 Å². The van der Waals surface area contributed by atoms with E-state index in [1.54, 1.807) is 12.1 Å². The summed E-state index contributed by atoms with van der Waals surface area (Å²) in [6.07, 6.45) is 5.30. The van der Waals surface area contributed by atoms with Gasteiger partial charge in [0.25, 0.3) is 12.2 Å². The summed E-state index contributed by atoms with van der Waals surface area (Å²) in [6.45, 7) is 7.44. The third kappa shape index (κ3) is 8.30. The highest BCUT2D eigenvalue weighted by atomic mass is 16.2. The molecule has 0 unspecified atom stereocenters. The Labute approximate surface area is 220 Å². The lowest BCUT2D eigenvalue weighted by Gasteiger charge is -2.41. The van der Waals surface area contributed by atoms with Crippen LogP contribution in [0.15, 0.2) is 64.8 Å². The van der Waals surface area contributed by atoms with Crippen molar-refractivity contribution in [3.8, 4) is 0 Å². The first-order valence-electron chi connectivity index (χ1n) is 13.2. The lowest BCUT2D eigenvalue weighted by Crippen LogP contribution is -2.43. The zero-order valence-corrected chi connectivity index (χ0v) is 22.2. The summed E-state index contributed by atoms with van der Waals surface area (Å²) in [5.74, 6) is 0.415. The van der Waals surface area contributed by atoms with Crippen molar-refractivity contribution in [1.29, 1.82) is 11.1 Å². The lowest BCUT2D eigenvalue weighted by atomic mass is 9.71. The maximum atomic E-state index is 13.5. The molecule has 0 heterocycles. The standard InChI is InChI=1S/C29H40N6O2/c1-29(2,3)24-16-18-25(19-17-24)35(26(36)11-7-10-21-8-5-4-6-9-21)20-22-12-14-23(15-13-22)27(37)32-28(33-30)34-31/h4-6,8-9,12-15,24-25,28,30-31H,7,10-11,16-20H2,1-3H3,(H,32,37). The van der Waals surface area contributed by atoms with E-state index in [-0.39, 0.29) is 17.4 Å². The van der Waals surface area contributed by atoms with Crippen LogP contribution in [0.25, 0.3) is 0 Å². The SMILES string of the molecule is CC(C)(C)C1CCC(N(Cc2ccc(C(=O)NC(N=N)N=N)cc2)C(=O)CCCc2ccccc2)CC1. The largest absolute Gasteiger partial charge is 0.335 e. The number of hydrogen-bond donors (Lipinski definition) is 3. The molecule has 1 fully saturated rings. The van der Waals surface area contributed by atoms with Gasteiger partial charge in [0, 0.05) is 24.6 Å². The Morgan fingerprint density at radius 3 is 2.14 bits per heavy atom. The zero-order chi connectivity index (χ0) is 26.8. The predicted molar refractivity (Wildman–Crippen MR) is 143 cm³/mol. The van der Waals surface area contributed by atoms with Crippen LogP contribution in [0.4, 0.5) is 0 Å². The van der Waals surface area contributed by atoms with Gasteiger partial charge in [-0.15, -0.1) is 10.2 Å². The second kappa shape index (κ2) is 13.2. The van der Waals surface area contributed by atoms with Crippen LogP contribution in [0, 0.1) is 22.4 Å². The van der Waals surface area contributed by atoms with E-state index < -0.39 is 12.2 Å². The van der Waals surface area contributed by atoms with Crippen LogP contribution in [0.5, 0.6) is 0 Å². The molecule has 8 heteroatoms. The van der Waals surface area contributed by atoms with Gasteiger partial charge in [-0.25, -0.2) is 11.1 Å². The monoisotopic (exact) mass is 504 g/mol. The Bertz CT molecular complexity index is 1030. The summed E-state index contributed by atoms with van der Waals surface area (Å²) in [5.41, 5.74) is 16.8. The number of hydrogen-bond acceptors (Lipinski definition) is 6. The number of benzene rings is 2. The molecule has 2 amide bonds. The van der Waals surface area contributed by atoms with Crippen molar-refractivity contribution >= 4 is 11.8 Å². The molecule has 1 aliphatic rings. The minimum atomic E-state index is -1.21. The van der Waals surface area contributed by atoms with E-state index in [0.29, 0.717) is 24.4 Å². The molecule has 0 aromatic heterocycles. The molecule has 0 aliphatic heterocycles. The molecule has 198 valence electrons. The molecule has 2 aromatic carbocycles. The molecule has 8 nitrogen and oxygen atoms in total. The molecule has 0 saturated heterocycles. The molecule has 1 saturated carbocycles. The molecule has 0 bridgehead atoms. The van der Waals surface area contributed by atoms with Crippen molar-refractivity contribution in [2.45, 2.75) is 84.6 Å². The molecule has 3 N–H and O–H groups in total. The van der Waals surface area contributed by atoms with Crippen molar-refractivity contribution in [3.63, 3.8) is 0 Å². The fraction of sp³-hybridized carbons (Fsp3) is 0.517. The summed E-state index contributed by atoms with van der Waals surface area (Å²) in [7, 11) is 0. The van der Waals surface area contributed by atoms with E-state index in [4.69, 9.17) is 11.1 Å². The Morgan fingerprint density at radius 2 is 1.57 bits per heavy atom. The van der Waals surface area contributed by atoms with Gasteiger partial charge in [0.1, 0.15) is 0 Å². The molecule has 37 heavy (non-hydrogen) atoms. The van der Waals surface area contributed by atoms with Crippen molar-refractivity contribution < 1.29 is 9.59 Å². The van der Waals surface area contributed by atoms with Crippen molar-refractivity contribution in [2.24, 2.45) is 21.6 Å². The molecule has 3 rings (SSSR count). The maximum Gasteiger partial charge on any atom is 0.254 e. The Hall–Kier alpha value is -3.42. The average Bonchev–Trinajstić information content (AvgIpc) is 2.90. The Balaban J connectivity index is 1.68. The number of rotatable bonds is 11. The highest BCUT2D eigenvalue weighted by Gasteiger charge is 2.33. The fourth-order valence-corrected chi connectivity index (χ4v) is 5.16. The van der Waals surface area contributed by atoms with Gasteiger partial charge in [0.05, 0.1) is 0 Å². The zero-order valence-electron chi connectivity index (χ0n) is 22.2. The van der Waals surface area contributed by atoms with Gasteiger partial charge in [-0.05, 0) is 73.1 Å². The van der Waals surface area contributed by atoms with Crippen LogP contribution in [0.2, 0.25) is 0 Å². The van der Waals surface area contributed by atoms with E-state index in [1.165, 1.54) is 5.56 Å². The first-order valence-corrected chi connectivity index (χ1v) is 13.2. The number of amides is 2. The van der Waals surface area contributed by atoms with Crippen LogP contribution in [0.3, 0.4) is 0 Å². The van der Waals surface area contributed by atoms with E-state index in [9.17, 15) is 9.59 Å². The van der Waals surface area contributed by atoms with Crippen molar-refractivity contribution in [2.75, 3.05) is 0 Å². The Morgan fingerprint density at radius 1 is 0.946 bits per heavy atom. The normalized spacial score (nSPS) is 18.5. The van der Waals surface area contributed by atoms with Crippen molar-refractivity contribution in [1.82, 2.24) is 10.2 Å².